The molecular weight excluding hydrogens is 238 g/mol. The average Bonchev–Trinajstić information content (AvgIpc) is 2.86. The summed E-state index contributed by atoms with van der Waals surface area (Å²) in [6, 6.07) is 1.99. The lowest BCUT2D eigenvalue weighted by Gasteiger charge is -2.33. The normalized spacial score (nSPS) is 19.6. The Hall–Kier alpha value is -1.91. The van der Waals surface area contributed by atoms with E-state index in [4.69, 9.17) is 0 Å². The third kappa shape index (κ3) is 2.75. The summed E-state index contributed by atoms with van der Waals surface area (Å²) in [6.07, 6.45) is 8.92. The van der Waals surface area contributed by atoms with Crippen molar-refractivity contribution in [3.8, 4) is 0 Å². The fourth-order valence-electron chi connectivity index (χ4n) is 2.78. The second-order valence-corrected chi connectivity index (χ2v) is 5.26. The number of nitrogens with one attached hydrogen (secondary N) is 1. The number of aromatic nitrogens is 4. The van der Waals surface area contributed by atoms with Gasteiger partial charge in [-0.1, -0.05) is 0 Å². The van der Waals surface area contributed by atoms with Crippen molar-refractivity contribution >= 4 is 5.82 Å². The average molecular weight is 257 g/mol. The summed E-state index contributed by atoms with van der Waals surface area (Å²) >= 11 is 0. The number of piperidine rings is 1. The molecule has 1 atom stereocenters. The van der Waals surface area contributed by atoms with Crippen LogP contribution in [-0.2, 0) is 6.42 Å². The van der Waals surface area contributed by atoms with Gasteiger partial charge < -0.3 is 4.90 Å². The van der Waals surface area contributed by atoms with Gasteiger partial charge in [0.25, 0.3) is 0 Å². The molecule has 0 saturated carbocycles. The van der Waals surface area contributed by atoms with Crippen LogP contribution in [-0.4, -0.2) is 33.3 Å². The molecule has 5 nitrogen and oxygen atoms in total. The van der Waals surface area contributed by atoms with Gasteiger partial charge in [-0.25, -0.2) is 9.97 Å². The predicted molar refractivity (Wildman–Crippen MR) is 74.0 cm³/mol. The van der Waals surface area contributed by atoms with Crippen molar-refractivity contribution in [3.05, 3.63) is 36.0 Å². The van der Waals surface area contributed by atoms with Crippen LogP contribution in [0.25, 0.3) is 0 Å². The van der Waals surface area contributed by atoms with E-state index in [0.29, 0.717) is 5.92 Å². The molecule has 0 spiro atoms. The van der Waals surface area contributed by atoms with Crippen LogP contribution in [0.2, 0.25) is 0 Å². The molecule has 2 aromatic heterocycles. The van der Waals surface area contributed by atoms with E-state index in [1.807, 2.05) is 18.5 Å². The van der Waals surface area contributed by atoms with Gasteiger partial charge in [0.05, 0.1) is 6.20 Å². The van der Waals surface area contributed by atoms with Crippen LogP contribution in [0.3, 0.4) is 0 Å². The number of rotatable bonds is 3. The van der Waals surface area contributed by atoms with E-state index in [-0.39, 0.29) is 0 Å². The Bertz CT molecular complexity index is 522. The summed E-state index contributed by atoms with van der Waals surface area (Å²) in [4.78, 5) is 10.7. The fraction of sp³-hybridized carbons (Fsp3) is 0.500. The monoisotopic (exact) mass is 257 g/mol. The molecule has 1 aliphatic heterocycles. The van der Waals surface area contributed by atoms with Crippen molar-refractivity contribution in [3.63, 3.8) is 0 Å². The van der Waals surface area contributed by atoms with Gasteiger partial charge in [-0.05, 0) is 43.7 Å². The highest BCUT2D eigenvalue weighted by molar-refractivity contribution is 5.37. The third-order valence-electron chi connectivity index (χ3n) is 3.84. The Balaban J connectivity index is 1.67. The van der Waals surface area contributed by atoms with Crippen molar-refractivity contribution in [2.75, 3.05) is 18.0 Å². The molecule has 0 aliphatic carbocycles. The maximum atomic E-state index is 4.35. The highest BCUT2D eigenvalue weighted by atomic mass is 15.2. The molecule has 3 rings (SSSR count). The summed E-state index contributed by atoms with van der Waals surface area (Å²) in [5.41, 5.74) is 2.54. The first-order valence-corrected chi connectivity index (χ1v) is 6.83. The molecular formula is C14H19N5. The second-order valence-electron chi connectivity index (χ2n) is 5.26. The van der Waals surface area contributed by atoms with E-state index < -0.39 is 0 Å². The summed E-state index contributed by atoms with van der Waals surface area (Å²) in [6.45, 7) is 4.27. The molecule has 1 N–H and O–H groups in total. The molecule has 3 heterocycles. The first-order valence-electron chi connectivity index (χ1n) is 6.83. The van der Waals surface area contributed by atoms with Crippen LogP contribution in [0.15, 0.2) is 24.8 Å². The van der Waals surface area contributed by atoms with Gasteiger partial charge >= 0.3 is 0 Å². The zero-order valence-corrected chi connectivity index (χ0v) is 11.2. The minimum Gasteiger partial charge on any atom is -0.356 e. The highest BCUT2D eigenvalue weighted by Gasteiger charge is 2.22. The number of hydrogen-bond acceptors (Lipinski definition) is 4. The lowest BCUT2D eigenvalue weighted by molar-refractivity contribution is 0.407. The van der Waals surface area contributed by atoms with Gasteiger partial charge in [0.15, 0.2) is 0 Å². The van der Waals surface area contributed by atoms with Crippen LogP contribution in [0.1, 0.15) is 24.1 Å². The summed E-state index contributed by atoms with van der Waals surface area (Å²) in [5.74, 6) is 1.71. The van der Waals surface area contributed by atoms with E-state index in [0.717, 1.165) is 25.3 Å². The van der Waals surface area contributed by atoms with Crippen LogP contribution < -0.4 is 4.90 Å². The van der Waals surface area contributed by atoms with Crippen molar-refractivity contribution in [2.24, 2.45) is 5.92 Å². The number of hydrogen-bond donors (Lipinski definition) is 1. The molecule has 19 heavy (non-hydrogen) atoms. The third-order valence-corrected chi connectivity index (χ3v) is 3.84. The van der Waals surface area contributed by atoms with Gasteiger partial charge in [0.2, 0.25) is 0 Å². The minimum atomic E-state index is 0.669. The smallest absolute Gasteiger partial charge is 0.131 e. The van der Waals surface area contributed by atoms with Crippen LogP contribution in [0, 0.1) is 12.8 Å². The predicted octanol–water partition coefficient (Wildman–Crippen LogP) is 1.97. The summed E-state index contributed by atoms with van der Waals surface area (Å²) in [7, 11) is 0. The van der Waals surface area contributed by atoms with Crippen molar-refractivity contribution in [2.45, 2.75) is 26.2 Å². The van der Waals surface area contributed by atoms with Crippen molar-refractivity contribution in [1.29, 1.82) is 0 Å². The molecule has 0 bridgehead atoms. The Morgan fingerprint density at radius 3 is 3.16 bits per heavy atom. The largest absolute Gasteiger partial charge is 0.356 e. The highest BCUT2D eigenvalue weighted by Crippen LogP contribution is 2.24. The number of anilines is 1. The molecule has 0 aromatic carbocycles. The second kappa shape index (κ2) is 5.38. The molecule has 100 valence electrons. The van der Waals surface area contributed by atoms with Gasteiger partial charge in [-0.3, -0.25) is 5.10 Å². The Morgan fingerprint density at radius 2 is 2.42 bits per heavy atom. The van der Waals surface area contributed by atoms with Gasteiger partial charge in [0.1, 0.15) is 12.1 Å². The van der Waals surface area contributed by atoms with Gasteiger partial charge in [-0.15, -0.1) is 0 Å². The van der Waals surface area contributed by atoms with Gasteiger partial charge in [0, 0.05) is 25.0 Å². The zero-order valence-electron chi connectivity index (χ0n) is 11.2. The van der Waals surface area contributed by atoms with E-state index >= 15 is 0 Å². The number of aryl methyl sites for hydroxylation is 1. The molecule has 2 aromatic rings. The zero-order chi connectivity index (χ0) is 13.1. The quantitative estimate of drug-likeness (QED) is 0.913. The number of H-pyrrole nitrogens is 1. The number of aromatic amines is 1. The van der Waals surface area contributed by atoms with Crippen LogP contribution in [0.4, 0.5) is 5.82 Å². The Labute approximate surface area is 113 Å². The van der Waals surface area contributed by atoms with Crippen LogP contribution in [0.5, 0.6) is 0 Å². The minimum absolute atomic E-state index is 0.669. The van der Waals surface area contributed by atoms with Crippen molar-refractivity contribution in [1.82, 2.24) is 20.2 Å². The fourth-order valence-corrected chi connectivity index (χ4v) is 2.78. The van der Waals surface area contributed by atoms with Gasteiger partial charge in [-0.2, -0.15) is 5.10 Å². The molecule has 1 fully saturated rings. The topological polar surface area (TPSA) is 57.7 Å². The lowest BCUT2D eigenvalue weighted by atomic mass is 9.92. The van der Waals surface area contributed by atoms with E-state index in [1.165, 1.54) is 24.1 Å². The Morgan fingerprint density at radius 1 is 1.47 bits per heavy atom. The van der Waals surface area contributed by atoms with E-state index in [1.54, 1.807) is 6.33 Å². The Kier molecular flexibility index (Phi) is 3.44. The lowest BCUT2D eigenvalue weighted by Crippen LogP contribution is -2.36. The van der Waals surface area contributed by atoms with E-state index in [2.05, 4.69) is 32.0 Å². The first kappa shape index (κ1) is 12.1. The SMILES string of the molecule is Cc1cn[nH]c1C[C@H]1CCCN(c2ccncn2)C1. The maximum absolute atomic E-state index is 4.35. The molecule has 0 amide bonds. The first-order chi connectivity index (χ1) is 9.33. The standard InChI is InChI=1S/C14H19N5/c1-11-8-17-18-13(11)7-12-3-2-6-19(9-12)14-4-5-15-10-16-14/h4-5,8,10,12H,2-3,6-7,9H2,1H3,(H,17,18)/t12-/m1/s1. The van der Waals surface area contributed by atoms with Crippen LogP contribution >= 0.6 is 0 Å². The molecule has 5 heteroatoms. The molecule has 0 unspecified atom stereocenters. The molecule has 1 saturated heterocycles. The maximum Gasteiger partial charge on any atom is 0.131 e. The molecule has 0 radical (unpaired) electrons. The summed E-state index contributed by atoms with van der Waals surface area (Å²) in [5, 5.41) is 7.22. The van der Waals surface area contributed by atoms with E-state index in [9.17, 15) is 0 Å². The molecule has 1 aliphatic rings. The van der Waals surface area contributed by atoms with Crippen molar-refractivity contribution < 1.29 is 0 Å². The number of nitrogens with zero attached hydrogens (tertiary/aromatic N) is 4. The summed E-state index contributed by atoms with van der Waals surface area (Å²) < 4.78 is 0.